The van der Waals surface area contributed by atoms with E-state index in [2.05, 4.69) is 15.2 Å². The Hall–Kier alpha value is -1.88. The zero-order chi connectivity index (χ0) is 14.2. The lowest BCUT2D eigenvalue weighted by molar-refractivity contribution is 0.510. The average molecular weight is 290 g/mol. The van der Waals surface area contributed by atoms with Crippen LogP contribution < -0.4 is 11.5 Å². The van der Waals surface area contributed by atoms with E-state index < -0.39 is 0 Å². The third-order valence-electron chi connectivity index (χ3n) is 4.04. The third kappa shape index (κ3) is 2.08. The van der Waals surface area contributed by atoms with Gasteiger partial charge in [-0.2, -0.15) is 4.98 Å². The Bertz CT molecular complexity index is 620. The fourth-order valence-electron chi connectivity index (χ4n) is 3.10. The zero-order valence-electron chi connectivity index (χ0n) is 11.0. The number of nitrogens with two attached hydrogens (primary N) is 2. The van der Waals surface area contributed by atoms with Crippen molar-refractivity contribution in [3.63, 3.8) is 0 Å². The van der Waals surface area contributed by atoms with Crippen LogP contribution in [0.3, 0.4) is 0 Å². The molecule has 1 aliphatic rings. The molecule has 0 amide bonds. The number of nitrogens with zero attached hydrogens (tertiary/aromatic N) is 3. The van der Waals surface area contributed by atoms with Gasteiger partial charge in [0.05, 0.1) is 0 Å². The first-order valence-corrected chi connectivity index (χ1v) is 7.02. The summed E-state index contributed by atoms with van der Waals surface area (Å²) in [6, 6.07) is 7.85. The highest BCUT2D eigenvalue weighted by atomic mass is 35.5. The molecule has 1 aromatic heterocycles. The number of benzene rings is 1. The molecule has 0 unspecified atom stereocenters. The number of hydrogen-bond acceptors (Lipinski definition) is 5. The molecule has 4 N–H and O–H groups in total. The Morgan fingerprint density at radius 1 is 1.00 bits per heavy atom. The fourth-order valence-corrected chi connectivity index (χ4v) is 3.23. The van der Waals surface area contributed by atoms with E-state index in [4.69, 9.17) is 23.1 Å². The van der Waals surface area contributed by atoms with Crippen molar-refractivity contribution in [2.24, 2.45) is 0 Å². The molecule has 1 heterocycles. The molecule has 0 spiro atoms. The van der Waals surface area contributed by atoms with Crippen molar-refractivity contribution < 1.29 is 0 Å². The normalized spacial score (nSPS) is 17.2. The van der Waals surface area contributed by atoms with Gasteiger partial charge in [-0.3, -0.25) is 0 Å². The number of nitrogen functional groups attached to an aromatic ring is 2. The second-order valence-corrected chi connectivity index (χ2v) is 5.64. The van der Waals surface area contributed by atoms with E-state index in [1.807, 2.05) is 24.3 Å². The Morgan fingerprint density at radius 3 is 2.25 bits per heavy atom. The first-order valence-electron chi connectivity index (χ1n) is 6.64. The highest BCUT2D eigenvalue weighted by Gasteiger charge is 2.41. The number of rotatable bonds is 2. The summed E-state index contributed by atoms with van der Waals surface area (Å²) in [5.74, 6) is 0.477. The molecule has 1 saturated carbocycles. The average Bonchev–Trinajstić information content (AvgIpc) is 2.90. The lowest BCUT2D eigenvalue weighted by Crippen LogP contribution is -2.28. The van der Waals surface area contributed by atoms with Gasteiger partial charge in [0, 0.05) is 10.4 Å². The van der Waals surface area contributed by atoms with Crippen molar-refractivity contribution in [3.05, 3.63) is 40.5 Å². The summed E-state index contributed by atoms with van der Waals surface area (Å²) in [7, 11) is 0. The number of halogens is 1. The Morgan fingerprint density at radius 2 is 1.65 bits per heavy atom. The minimum absolute atomic E-state index is 0.107. The van der Waals surface area contributed by atoms with Crippen LogP contribution in [-0.4, -0.2) is 15.2 Å². The van der Waals surface area contributed by atoms with Crippen LogP contribution in [0.25, 0.3) is 0 Å². The van der Waals surface area contributed by atoms with Crippen LogP contribution in [0.2, 0.25) is 5.02 Å². The Balaban J connectivity index is 2.14. The SMILES string of the molecule is Nc1nnc(C2(c3ccc(Cl)cc3)CCCC2)c(N)n1. The molecule has 5 nitrogen and oxygen atoms in total. The minimum atomic E-state index is -0.220. The van der Waals surface area contributed by atoms with Crippen LogP contribution in [0.15, 0.2) is 24.3 Å². The molecule has 0 aliphatic heterocycles. The molecule has 0 radical (unpaired) electrons. The van der Waals surface area contributed by atoms with E-state index in [9.17, 15) is 0 Å². The molecule has 0 bridgehead atoms. The van der Waals surface area contributed by atoms with Crippen molar-refractivity contribution in [1.29, 1.82) is 0 Å². The van der Waals surface area contributed by atoms with Crippen molar-refractivity contribution in [1.82, 2.24) is 15.2 Å². The Kier molecular flexibility index (Phi) is 3.22. The fraction of sp³-hybridized carbons (Fsp3) is 0.357. The van der Waals surface area contributed by atoms with E-state index in [0.29, 0.717) is 5.82 Å². The summed E-state index contributed by atoms with van der Waals surface area (Å²) in [6.45, 7) is 0. The molecule has 3 rings (SSSR count). The molecular formula is C14H16ClN5. The van der Waals surface area contributed by atoms with Gasteiger partial charge in [0.25, 0.3) is 0 Å². The minimum Gasteiger partial charge on any atom is -0.382 e. The van der Waals surface area contributed by atoms with E-state index >= 15 is 0 Å². The van der Waals surface area contributed by atoms with Gasteiger partial charge >= 0.3 is 0 Å². The standard InChI is InChI=1S/C14H16ClN5/c15-10-5-3-9(4-6-10)14(7-1-2-8-14)11-12(16)18-13(17)20-19-11/h3-6H,1-2,7-8H2,(H4,16,17,18,20). The molecule has 6 heteroatoms. The first-order chi connectivity index (χ1) is 9.62. The van der Waals surface area contributed by atoms with Crippen molar-refractivity contribution in [2.75, 3.05) is 11.5 Å². The smallest absolute Gasteiger partial charge is 0.242 e. The summed E-state index contributed by atoms with van der Waals surface area (Å²) in [5, 5.41) is 8.84. The molecule has 20 heavy (non-hydrogen) atoms. The van der Waals surface area contributed by atoms with Gasteiger partial charge in [-0.05, 0) is 30.5 Å². The molecule has 1 aromatic carbocycles. The van der Waals surface area contributed by atoms with Crippen molar-refractivity contribution in [2.45, 2.75) is 31.1 Å². The van der Waals surface area contributed by atoms with Gasteiger partial charge < -0.3 is 11.5 Å². The summed E-state index contributed by atoms with van der Waals surface area (Å²) in [6.07, 6.45) is 4.24. The third-order valence-corrected chi connectivity index (χ3v) is 4.29. The molecule has 1 fully saturated rings. The van der Waals surface area contributed by atoms with Crippen LogP contribution in [-0.2, 0) is 5.41 Å². The maximum atomic E-state index is 6.03. The van der Waals surface area contributed by atoms with Crippen molar-refractivity contribution >= 4 is 23.4 Å². The summed E-state index contributed by atoms with van der Waals surface area (Å²) in [5.41, 5.74) is 13.2. The largest absolute Gasteiger partial charge is 0.382 e. The number of anilines is 2. The topological polar surface area (TPSA) is 90.7 Å². The molecular weight excluding hydrogens is 274 g/mol. The summed E-state index contributed by atoms with van der Waals surface area (Å²) < 4.78 is 0. The molecule has 0 saturated heterocycles. The van der Waals surface area contributed by atoms with Gasteiger partial charge in [0.15, 0.2) is 5.82 Å². The van der Waals surface area contributed by atoms with Crippen LogP contribution in [0.5, 0.6) is 0 Å². The van der Waals surface area contributed by atoms with Crippen molar-refractivity contribution in [3.8, 4) is 0 Å². The lowest BCUT2D eigenvalue weighted by Gasteiger charge is -2.29. The molecule has 104 valence electrons. The lowest BCUT2D eigenvalue weighted by atomic mass is 9.76. The number of hydrogen-bond donors (Lipinski definition) is 2. The van der Waals surface area contributed by atoms with Crippen LogP contribution in [0, 0.1) is 0 Å². The quantitative estimate of drug-likeness (QED) is 0.886. The van der Waals surface area contributed by atoms with Crippen LogP contribution in [0.1, 0.15) is 36.9 Å². The van der Waals surface area contributed by atoms with Gasteiger partial charge in [-0.25, -0.2) is 0 Å². The van der Waals surface area contributed by atoms with Gasteiger partial charge in [-0.1, -0.05) is 36.6 Å². The van der Waals surface area contributed by atoms with Crippen LogP contribution >= 0.6 is 11.6 Å². The van der Waals surface area contributed by atoms with Crippen LogP contribution in [0.4, 0.5) is 11.8 Å². The predicted octanol–water partition coefficient (Wildman–Crippen LogP) is 2.55. The summed E-state index contributed by atoms with van der Waals surface area (Å²) >= 11 is 5.98. The molecule has 0 atom stereocenters. The van der Waals surface area contributed by atoms with E-state index in [1.54, 1.807) is 0 Å². The van der Waals surface area contributed by atoms with E-state index in [1.165, 1.54) is 0 Å². The maximum Gasteiger partial charge on any atom is 0.242 e. The van der Waals surface area contributed by atoms with Gasteiger partial charge in [0.2, 0.25) is 5.95 Å². The second-order valence-electron chi connectivity index (χ2n) is 5.20. The van der Waals surface area contributed by atoms with E-state index in [0.717, 1.165) is 42.0 Å². The summed E-state index contributed by atoms with van der Waals surface area (Å²) in [4.78, 5) is 4.06. The van der Waals surface area contributed by atoms with Gasteiger partial charge in [0.1, 0.15) is 5.69 Å². The highest BCUT2D eigenvalue weighted by Crippen LogP contribution is 2.47. The van der Waals surface area contributed by atoms with Gasteiger partial charge in [-0.15, -0.1) is 10.2 Å². The van der Waals surface area contributed by atoms with E-state index in [-0.39, 0.29) is 11.4 Å². The molecule has 2 aromatic rings. The molecule has 1 aliphatic carbocycles. The first kappa shape index (κ1) is 13.1. The highest BCUT2D eigenvalue weighted by molar-refractivity contribution is 6.30. The Labute approximate surface area is 122 Å². The second kappa shape index (κ2) is 4.90. The maximum absolute atomic E-state index is 6.03. The zero-order valence-corrected chi connectivity index (χ0v) is 11.8. The monoisotopic (exact) mass is 289 g/mol. The predicted molar refractivity (Wildman–Crippen MR) is 79.4 cm³/mol. The number of aromatic nitrogens is 3.